The second kappa shape index (κ2) is 6.25. The smallest absolute Gasteiger partial charge is 0.162 e. The Bertz CT molecular complexity index is 753. The third-order valence-corrected chi connectivity index (χ3v) is 4.27. The molecule has 0 radical (unpaired) electrons. The van der Waals surface area contributed by atoms with E-state index in [2.05, 4.69) is 28.4 Å². The van der Waals surface area contributed by atoms with Gasteiger partial charge in [-0.25, -0.2) is 0 Å². The highest BCUT2D eigenvalue weighted by Gasteiger charge is 2.34. The number of hydrazone groups is 1. The average Bonchev–Trinajstić information content (AvgIpc) is 3.13. The number of nitriles is 1. The second-order valence-electron chi connectivity index (χ2n) is 5.90. The monoisotopic (exact) mass is 307 g/mol. The summed E-state index contributed by atoms with van der Waals surface area (Å²) >= 11 is 0. The first-order valence-electron chi connectivity index (χ1n) is 7.95. The molecule has 2 atom stereocenters. The zero-order chi connectivity index (χ0) is 16.4. The Labute approximate surface area is 136 Å². The Kier molecular flexibility index (Phi) is 4.16. The van der Waals surface area contributed by atoms with Crippen molar-refractivity contribution in [2.45, 2.75) is 45.8 Å². The first-order chi connectivity index (χ1) is 11.1. The Hall–Kier alpha value is -2.61. The molecule has 0 unspecified atom stereocenters. The number of aromatic nitrogens is 2. The highest BCUT2D eigenvalue weighted by Crippen LogP contribution is 2.38. The number of benzene rings is 1. The van der Waals surface area contributed by atoms with Gasteiger partial charge in [0.05, 0.1) is 17.8 Å². The van der Waals surface area contributed by atoms with Crippen molar-refractivity contribution in [3.8, 4) is 6.07 Å². The lowest BCUT2D eigenvalue weighted by atomic mass is 10.00. The molecular weight excluding hydrogens is 286 g/mol. The SMILES string of the molecule is CCn1cc([C@H](C#N)N2N=C(C)C[C@H]2c2ccccc2)c(C)n1. The summed E-state index contributed by atoms with van der Waals surface area (Å²) in [6.45, 7) is 6.81. The molecule has 5 heteroatoms. The van der Waals surface area contributed by atoms with E-state index in [-0.39, 0.29) is 6.04 Å². The molecule has 2 aromatic rings. The van der Waals surface area contributed by atoms with E-state index >= 15 is 0 Å². The number of rotatable bonds is 4. The van der Waals surface area contributed by atoms with Crippen molar-refractivity contribution in [2.75, 3.05) is 0 Å². The fraction of sp³-hybridized carbons (Fsp3) is 0.389. The maximum Gasteiger partial charge on any atom is 0.162 e. The van der Waals surface area contributed by atoms with Crippen molar-refractivity contribution in [3.05, 3.63) is 53.3 Å². The summed E-state index contributed by atoms with van der Waals surface area (Å²) in [6.07, 6.45) is 2.82. The first kappa shape index (κ1) is 15.3. The van der Waals surface area contributed by atoms with Crippen LogP contribution in [-0.2, 0) is 6.54 Å². The van der Waals surface area contributed by atoms with Crippen LogP contribution in [0.25, 0.3) is 0 Å². The van der Waals surface area contributed by atoms with E-state index in [0.717, 1.165) is 29.9 Å². The molecule has 5 nitrogen and oxygen atoms in total. The summed E-state index contributed by atoms with van der Waals surface area (Å²) in [5, 5.41) is 20.9. The van der Waals surface area contributed by atoms with Crippen molar-refractivity contribution in [1.29, 1.82) is 5.26 Å². The van der Waals surface area contributed by atoms with E-state index in [0.29, 0.717) is 0 Å². The highest BCUT2D eigenvalue weighted by atomic mass is 15.5. The molecule has 3 rings (SSSR count). The van der Waals surface area contributed by atoms with Gasteiger partial charge in [-0.1, -0.05) is 30.3 Å². The summed E-state index contributed by atoms with van der Waals surface area (Å²) < 4.78 is 1.87. The molecule has 0 amide bonds. The van der Waals surface area contributed by atoms with Gasteiger partial charge in [0.2, 0.25) is 0 Å². The highest BCUT2D eigenvalue weighted by molar-refractivity contribution is 5.84. The van der Waals surface area contributed by atoms with Gasteiger partial charge in [-0.2, -0.15) is 15.5 Å². The topological polar surface area (TPSA) is 57.2 Å². The summed E-state index contributed by atoms with van der Waals surface area (Å²) in [6, 6.07) is 12.4. The van der Waals surface area contributed by atoms with Crippen LogP contribution in [-0.4, -0.2) is 20.5 Å². The van der Waals surface area contributed by atoms with Crippen molar-refractivity contribution < 1.29 is 0 Å². The predicted molar refractivity (Wildman–Crippen MR) is 89.7 cm³/mol. The van der Waals surface area contributed by atoms with Crippen LogP contribution in [0.3, 0.4) is 0 Å². The first-order valence-corrected chi connectivity index (χ1v) is 7.95. The summed E-state index contributed by atoms with van der Waals surface area (Å²) in [5.41, 5.74) is 4.08. The molecule has 1 aliphatic rings. The lowest BCUT2D eigenvalue weighted by molar-refractivity contribution is 0.196. The molecule has 1 aromatic heterocycles. The van der Waals surface area contributed by atoms with Crippen molar-refractivity contribution >= 4 is 5.71 Å². The normalized spacial score (nSPS) is 18.6. The third kappa shape index (κ3) is 2.85. The molecule has 0 fully saturated rings. The van der Waals surface area contributed by atoms with E-state index in [1.165, 1.54) is 5.56 Å². The molecule has 0 saturated carbocycles. The zero-order valence-electron chi connectivity index (χ0n) is 13.8. The Balaban J connectivity index is 1.98. The van der Waals surface area contributed by atoms with Gasteiger partial charge in [0, 0.05) is 30.4 Å². The van der Waals surface area contributed by atoms with Crippen LogP contribution >= 0.6 is 0 Å². The Morgan fingerprint density at radius 2 is 2.04 bits per heavy atom. The minimum Gasteiger partial charge on any atom is -0.272 e. The van der Waals surface area contributed by atoms with Crippen molar-refractivity contribution in [2.24, 2.45) is 5.10 Å². The molecular formula is C18H21N5. The van der Waals surface area contributed by atoms with Gasteiger partial charge in [0.1, 0.15) is 0 Å². The van der Waals surface area contributed by atoms with Crippen LogP contribution in [0.5, 0.6) is 0 Å². The van der Waals surface area contributed by atoms with E-state index in [1.54, 1.807) is 0 Å². The fourth-order valence-electron chi connectivity index (χ4n) is 3.10. The van der Waals surface area contributed by atoms with E-state index in [4.69, 9.17) is 0 Å². The molecule has 0 saturated heterocycles. The number of hydrogen-bond acceptors (Lipinski definition) is 4. The van der Waals surface area contributed by atoms with Crippen LogP contribution in [0.1, 0.15) is 49.2 Å². The standard InChI is InChI=1S/C18H21N5/c1-4-22-12-16(14(3)21-22)18(11-19)23-17(10-13(2)20-23)15-8-6-5-7-9-15/h5-9,12,17-18H,4,10H2,1-3H3/t17-,18-/m0/s1. The quantitative estimate of drug-likeness (QED) is 0.867. The van der Waals surface area contributed by atoms with E-state index in [1.807, 2.05) is 54.9 Å². The minimum atomic E-state index is -0.419. The van der Waals surface area contributed by atoms with Gasteiger partial charge in [-0.05, 0) is 26.3 Å². The average molecular weight is 307 g/mol. The number of nitrogens with zero attached hydrogens (tertiary/aromatic N) is 5. The zero-order valence-corrected chi connectivity index (χ0v) is 13.8. The Morgan fingerprint density at radius 3 is 2.65 bits per heavy atom. The molecule has 2 heterocycles. The summed E-state index contributed by atoms with van der Waals surface area (Å²) in [5.74, 6) is 0. The molecule has 1 aromatic carbocycles. The third-order valence-electron chi connectivity index (χ3n) is 4.27. The van der Waals surface area contributed by atoms with Crippen LogP contribution < -0.4 is 0 Å². The number of hydrogen-bond donors (Lipinski definition) is 0. The second-order valence-corrected chi connectivity index (χ2v) is 5.90. The number of aryl methyl sites for hydroxylation is 2. The van der Waals surface area contributed by atoms with Crippen molar-refractivity contribution in [1.82, 2.24) is 14.8 Å². The largest absolute Gasteiger partial charge is 0.272 e. The molecule has 0 spiro atoms. The fourth-order valence-corrected chi connectivity index (χ4v) is 3.10. The molecule has 23 heavy (non-hydrogen) atoms. The maximum absolute atomic E-state index is 9.80. The maximum atomic E-state index is 9.80. The summed E-state index contributed by atoms with van der Waals surface area (Å²) in [7, 11) is 0. The van der Waals surface area contributed by atoms with E-state index in [9.17, 15) is 5.26 Å². The van der Waals surface area contributed by atoms with Gasteiger partial charge in [-0.15, -0.1) is 0 Å². The van der Waals surface area contributed by atoms with Gasteiger partial charge < -0.3 is 0 Å². The van der Waals surface area contributed by atoms with Crippen LogP contribution in [0.15, 0.2) is 41.6 Å². The molecule has 0 N–H and O–H groups in total. The Morgan fingerprint density at radius 1 is 1.30 bits per heavy atom. The van der Waals surface area contributed by atoms with Gasteiger partial charge in [-0.3, -0.25) is 9.69 Å². The molecule has 1 aliphatic heterocycles. The predicted octanol–water partition coefficient (Wildman–Crippen LogP) is 3.60. The minimum absolute atomic E-state index is 0.102. The lowest BCUT2D eigenvalue weighted by Gasteiger charge is -2.28. The van der Waals surface area contributed by atoms with Gasteiger partial charge in [0.25, 0.3) is 0 Å². The van der Waals surface area contributed by atoms with E-state index < -0.39 is 6.04 Å². The van der Waals surface area contributed by atoms with Crippen LogP contribution in [0.2, 0.25) is 0 Å². The molecule has 118 valence electrons. The summed E-state index contributed by atoms with van der Waals surface area (Å²) in [4.78, 5) is 0. The van der Waals surface area contributed by atoms with Gasteiger partial charge >= 0.3 is 0 Å². The van der Waals surface area contributed by atoms with Crippen molar-refractivity contribution in [3.63, 3.8) is 0 Å². The van der Waals surface area contributed by atoms with Crippen LogP contribution in [0.4, 0.5) is 0 Å². The molecule has 0 bridgehead atoms. The molecule has 0 aliphatic carbocycles. The lowest BCUT2D eigenvalue weighted by Crippen LogP contribution is -2.24. The van der Waals surface area contributed by atoms with Gasteiger partial charge in [0.15, 0.2) is 6.04 Å². The van der Waals surface area contributed by atoms with Crippen LogP contribution in [0, 0.1) is 18.3 Å².